The molecule has 1 unspecified atom stereocenters. The van der Waals surface area contributed by atoms with Crippen molar-refractivity contribution in [3.05, 3.63) is 95.6 Å². The van der Waals surface area contributed by atoms with Crippen LogP contribution in [0.3, 0.4) is 0 Å². The van der Waals surface area contributed by atoms with E-state index in [0.29, 0.717) is 16.9 Å². The molecule has 1 amide bonds. The van der Waals surface area contributed by atoms with Gasteiger partial charge in [0.25, 0.3) is 11.7 Å². The summed E-state index contributed by atoms with van der Waals surface area (Å²) in [6.45, 7) is 4.03. The molecule has 1 aliphatic heterocycles. The van der Waals surface area contributed by atoms with E-state index in [0.717, 1.165) is 5.56 Å². The number of aliphatic hydroxyl groups excluding tert-OH is 1. The van der Waals surface area contributed by atoms with Gasteiger partial charge in [0.2, 0.25) is 0 Å². The molecular formula is C25H23N3O4. The quantitative estimate of drug-likeness (QED) is 0.363. The van der Waals surface area contributed by atoms with Gasteiger partial charge in [-0.25, -0.2) is 0 Å². The average Bonchev–Trinajstić information content (AvgIpc) is 3.05. The van der Waals surface area contributed by atoms with E-state index in [1.54, 1.807) is 67.3 Å². The summed E-state index contributed by atoms with van der Waals surface area (Å²) in [7, 11) is 0. The number of hydrogen-bond acceptors (Lipinski definition) is 6. The highest BCUT2D eigenvalue weighted by atomic mass is 16.5. The van der Waals surface area contributed by atoms with Gasteiger partial charge in [-0.2, -0.15) is 0 Å². The van der Waals surface area contributed by atoms with Gasteiger partial charge in [-0.3, -0.25) is 19.6 Å². The van der Waals surface area contributed by atoms with Gasteiger partial charge >= 0.3 is 0 Å². The van der Waals surface area contributed by atoms with Gasteiger partial charge < -0.3 is 14.7 Å². The summed E-state index contributed by atoms with van der Waals surface area (Å²) in [4.78, 5) is 35.6. The standard InChI is InChI=1S/C25H23N3O4/c1-16(2)32-20-7-5-19(6-8-20)23(29)21-22(18-9-12-26-13-10-18)28(25(31)24(21)30)15-17-4-3-11-27-14-17/h3-14,16,22,29H,15H2,1-2H3/b23-21-. The summed E-state index contributed by atoms with van der Waals surface area (Å²) in [5.74, 6) is -0.970. The van der Waals surface area contributed by atoms with Gasteiger partial charge in [-0.05, 0) is 67.4 Å². The summed E-state index contributed by atoms with van der Waals surface area (Å²) in [5.41, 5.74) is 1.94. The van der Waals surface area contributed by atoms with Crippen molar-refractivity contribution in [2.45, 2.75) is 32.5 Å². The predicted octanol–water partition coefficient (Wildman–Crippen LogP) is 3.89. The van der Waals surface area contributed by atoms with E-state index in [-0.39, 0.29) is 24.0 Å². The molecule has 162 valence electrons. The Morgan fingerprint density at radius 1 is 1.03 bits per heavy atom. The maximum Gasteiger partial charge on any atom is 0.295 e. The molecule has 1 N–H and O–H groups in total. The van der Waals surface area contributed by atoms with Crippen molar-refractivity contribution in [3.8, 4) is 5.75 Å². The number of carbonyl (C=O) groups is 2. The molecule has 3 aromatic rings. The minimum absolute atomic E-state index is 0.0129. The first-order chi connectivity index (χ1) is 15.5. The number of aromatic nitrogens is 2. The van der Waals surface area contributed by atoms with Crippen LogP contribution in [0.2, 0.25) is 0 Å². The predicted molar refractivity (Wildman–Crippen MR) is 119 cm³/mol. The maximum absolute atomic E-state index is 13.1. The van der Waals surface area contributed by atoms with Gasteiger partial charge in [0.1, 0.15) is 11.5 Å². The molecular weight excluding hydrogens is 406 g/mol. The van der Waals surface area contributed by atoms with Crippen molar-refractivity contribution in [3.63, 3.8) is 0 Å². The molecule has 1 saturated heterocycles. The molecule has 1 aliphatic rings. The molecule has 7 heteroatoms. The smallest absolute Gasteiger partial charge is 0.295 e. The SMILES string of the molecule is CC(C)Oc1ccc(/C(O)=C2/C(=O)C(=O)N(Cc3cccnc3)C2c2ccncc2)cc1. The molecule has 0 spiro atoms. The third-order valence-electron chi connectivity index (χ3n) is 5.14. The Balaban J connectivity index is 1.78. The molecule has 4 rings (SSSR count). The van der Waals surface area contributed by atoms with Gasteiger partial charge in [0.15, 0.2) is 0 Å². The van der Waals surface area contributed by atoms with Crippen molar-refractivity contribution in [2.75, 3.05) is 0 Å². The number of pyridine rings is 2. The highest BCUT2D eigenvalue weighted by Crippen LogP contribution is 2.40. The van der Waals surface area contributed by atoms with E-state index >= 15 is 0 Å². The topological polar surface area (TPSA) is 92.6 Å². The molecule has 2 aromatic heterocycles. The van der Waals surface area contributed by atoms with Gasteiger partial charge in [0.05, 0.1) is 17.7 Å². The number of rotatable bonds is 6. The molecule has 1 fully saturated rings. The van der Waals surface area contributed by atoms with E-state index < -0.39 is 17.7 Å². The number of ketones is 1. The third kappa shape index (κ3) is 4.23. The van der Waals surface area contributed by atoms with Gasteiger partial charge in [-0.15, -0.1) is 0 Å². The Labute approximate surface area is 186 Å². The van der Waals surface area contributed by atoms with Gasteiger partial charge in [-0.1, -0.05) is 6.07 Å². The Morgan fingerprint density at radius 3 is 2.38 bits per heavy atom. The summed E-state index contributed by atoms with van der Waals surface area (Å²) in [5, 5.41) is 11.1. The van der Waals surface area contributed by atoms with Crippen LogP contribution >= 0.6 is 0 Å². The first-order valence-electron chi connectivity index (χ1n) is 10.3. The summed E-state index contributed by atoms with van der Waals surface area (Å²) in [6, 6.07) is 13.1. The number of carbonyl (C=O) groups excluding carboxylic acids is 2. The molecule has 7 nitrogen and oxygen atoms in total. The Bertz CT molecular complexity index is 1140. The van der Waals surface area contributed by atoms with E-state index in [4.69, 9.17) is 4.74 Å². The van der Waals surface area contributed by atoms with E-state index in [2.05, 4.69) is 9.97 Å². The minimum Gasteiger partial charge on any atom is -0.507 e. The fourth-order valence-corrected chi connectivity index (χ4v) is 3.74. The largest absolute Gasteiger partial charge is 0.507 e. The molecule has 1 atom stereocenters. The number of ether oxygens (including phenoxy) is 1. The second-order valence-corrected chi connectivity index (χ2v) is 7.76. The number of Topliss-reactive ketones (excluding diaryl/α,β-unsaturated/α-hetero) is 1. The minimum atomic E-state index is -0.746. The zero-order valence-electron chi connectivity index (χ0n) is 17.8. The first-order valence-corrected chi connectivity index (χ1v) is 10.3. The molecule has 0 aliphatic carbocycles. The highest BCUT2D eigenvalue weighted by Gasteiger charge is 2.46. The maximum atomic E-state index is 13.1. The van der Waals surface area contributed by atoms with Crippen molar-refractivity contribution in [1.29, 1.82) is 0 Å². The average molecular weight is 429 g/mol. The second kappa shape index (κ2) is 9.01. The van der Waals surface area contributed by atoms with Crippen LogP contribution < -0.4 is 4.74 Å². The van der Waals surface area contributed by atoms with Crippen LogP contribution in [-0.2, 0) is 16.1 Å². The number of aliphatic hydroxyl groups is 1. The number of amides is 1. The number of hydrogen-bond donors (Lipinski definition) is 1. The van der Waals surface area contributed by atoms with Crippen LogP contribution in [0.25, 0.3) is 5.76 Å². The number of benzene rings is 1. The molecule has 0 bridgehead atoms. The second-order valence-electron chi connectivity index (χ2n) is 7.76. The molecule has 32 heavy (non-hydrogen) atoms. The lowest BCUT2D eigenvalue weighted by atomic mass is 9.96. The summed E-state index contributed by atoms with van der Waals surface area (Å²) < 4.78 is 5.65. The van der Waals surface area contributed by atoms with Crippen molar-refractivity contribution < 1.29 is 19.4 Å². The van der Waals surface area contributed by atoms with Gasteiger partial charge in [0, 0.05) is 36.9 Å². The fraction of sp³-hybridized carbons (Fsp3) is 0.200. The summed E-state index contributed by atoms with van der Waals surface area (Å²) in [6.07, 6.45) is 6.50. The number of nitrogens with zero attached hydrogens (tertiary/aromatic N) is 3. The summed E-state index contributed by atoms with van der Waals surface area (Å²) >= 11 is 0. The Morgan fingerprint density at radius 2 is 1.75 bits per heavy atom. The normalized spacial score (nSPS) is 17.7. The third-order valence-corrected chi connectivity index (χ3v) is 5.14. The van der Waals surface area contributed by atoms with Crippen molar-refractivity contribution in [1.82, 2.24) is 14.9 Å². The van der Waals surface area contributed by atoms with Crippen molar-refractivity contribution in [2.24, 2.45) is 0 Å². The van der Waals surface area contributed by atoms with Crippen LogP contribution in [0.15, 0.2) is 78.9 Å². The zero-order chi connectivity index (χ0) is 22.7. The van der Waals surface area contributed by atoms with E-state index in [1.807, 2.05) is 19.9 Å². The lowest BCUT2D eigenvalue weighted by Gasteiger charge is -2.25. The Kier molecular flexibility index (Phi) is 5.98. The van der Waals surface area contributed by atoms with Crippen LogP contribution in [0, 0.1) is 0 Å². The van der Waals surface area contributed by atoms with E-state index in [9.17, 15) is 14.7 Å². The monoisotopic (exact) mass is 429 g/mol. The first kappa shape index (κ1) is 21.2. The lowest BCUT2D eigenvalue weighted by molar-refractivity contribution is -0.140. The Hall–Kier alpha value is -4.00. The van der Waals surface area contributed by atoms with Crippen LogP contribution in [0.5, 0.6) is 5.75 Å². The highest BCUT2D eigenvalue weighted by molar-refractivity contribution is 6.46. The fourth-order valence-electron chi connectivity index (χ4n) is 3.74. The van der Waals surface area contributed by atoms with Crippen LogP contribution in [0.1, 0.15) is 36.6 Å². The van der Waals surface area contributed by atoms with Crippen LogP contribution in [-0.4, -0.2) is 37.8 Å². The molecule has 0 saturated carbocycles. The lowest BCUT2D eigenvalue weighted by Crippen LogP contribution is -2.29. The van der Waals surface area contributed by atoms with Crippen LogP contribution in [0.4, 0.5) is 0 Å². The van der Waals surface area contributed by atoms with E-state index in [1.165, 1.54) is 4.90 Å². The van der Waals surface area contributed by atoms with Crippen molar-refractivity contribution >= 4 is 17.4 Å². The molecule has 0 radical (unpaired) electrons. The molecule has 1 aromatic carbocycles. The number of likely N-dealkylation sites (tertiary alicyclic amines) is 1. The molecule has 3 heterocycles. The zero-order valence-corrected chi connectivity index (χ0v) is 17.8.